The topological polar surface area (TPSA) is 73.3 Å². The summed E-state index contributed by atoms with van der Waals surface area (Å²) in [5, 5.41) is 4.31. The number of Topliss-reactive ketones (excluding diaryl/α,β-unsaturated/α-hetero) is 1. The summed E-state index contributed by atoms with van der Waals surface area (Å²) in [6.07, 6.45) is -2.75. The van der Waals surface area contributed by atoms with E-state index in [2.05, 4.69) is 21.9 Å². The highest BCUT2D eigenvalue weighted by Crippen LogP contribution is 2.29. The Morgan fingerprint density at radius 3 is 2.47 bits per heavy atom. The Bertz CT molecular complexity index is 1350. The summed E-state index contributed by atoms with van der Waals surface area (Å²) < 4.78 is 40.0. The number of carbonyl (C=O) groups excluding carboxylic acids is 1. The molecular formula is C24H17F3N4O. The van der Waals surface area contributed by atoms with Crippen LogP contribution in [0, 0.1) is 11.8 Å². The molecule has 0 amide bonds. The number of nitrogen functional groups attached to an aromatic ring is 1. The maximum atomic E-state index is 12.8. The Labute approximate surface area is 181 Å². The Hall–Kier alpha value is -4.12. The van der Waals surface area contributed by atoms with Gasteiger partial charge in [0.05, 0.1) is 11.8 Å². The molecule has 4 aromatic rings. The number of carbonyl (C=O) groups is 1. The Kier molecular flexibility index (Phi) is 5.65. The number of ketones is 1. The van der Waals surface area contributed by atoms with Gasteiger partial charge in [-0.1, -0.05) is 36.3 Å². The number of aromatic nitrogens is 3. The van der Waals surface area contributed by atoms with Gasteiger partial charge in [0.2, 0.25) is 0 Å². The van der Waals surface area contributed by atoms with Crippen molar-refractivity contribution in [2.75, 3.05) is 5.73 Å². The number of rotatable bonds is 4. The van der Waals surface area contributed by atoms with Crippen molar-refractivity contribution in [1.29, 1.82) is 0 Å². The minimum Gasteiger partial charge on any atom is -0.382 e. The summed E-state index contributed by atoms with van der Waals surface area (Å²) in [5.41, 5.74) is 7.92. The van der Waals surface area contributed by atoms with Crippen LogP contribution < -0.4 is 5.73 Å². The van der Waals surface area contributed by atoms with E-state index in [9.17, 15) is 18.0 Å². The van der Waals surface area contributed by atoms with E-state index in [0.717, 1.165) is 23.3 Å². The van der Waals surface area contributed by atoms with Gasteiger partial charge in [0, 0.05) is 18.4 Å². The van der Waals surface area contributed by atoms with E-state index in [1.807, 2.05) is 0 Å². The van der Waals surface area contributed by atoms with Crippen molar-refractivity contribution in [1.82, 2.24) is 14.6 Å². The lowest BCUT2D eigenvalue weighted by Crippen LogP contribution is -2.09. The van der Waals surface area contributed by atoms with Crippen LogP contribution in [0.25, 0.3) is 5.65 Å². The zero-order chi connectivity index (χ0) is 22.7. The van der Waals surface area contributed by atoms with Crippen molar-refractivity contribution in [3.8, 4) is 11.8 Å². The molecule has 32 heavy (non-hydrogen) atoms. The number of fused-ring (bicyclic) bond motifs is 1. The lowest BCUT2D eigenvalue weighted by atomic mass is 10.0. The van der Waals surface area contributed by atoms with Gasteiger partial charge in [-0.2, -0.15) is 18.3 Å². The molecule has 0 spiro atoms. The van der Waals surface area contributed by atoms with E-state index in [0.29, 0.717) is 22.7 Å². The molecule has 0 bridgehead atoms. The van der Waals surface area contributed by atoms with Crippen LogP contribution in [0.5, 0.6) is 0 Å². The molecule has 0 unspecified atom stereocenters. The molecule has 2 N–H and O–H groups in total. The number of anilines is 1. The molecule has 2 aromatic heterocycles. The SMILES string of the molecule is Nc1cn2nc(C#Cc3ccc(CC(=O)Cc4cccc(C(F)(F)F)c4)cc3)ccc2n1. The predicted octanol–water partition coefficient (Wildman–Crippen LogP) is 4.08. The molecule has 4 rings (SSSR count). The monoisotopic (exact) mass is 434 g/mol. The number of halogens is 3. The number of benzene rings is 2. The summed E-state index contributed by atoms with van der Waals surface area (Å²) >= 11 is 0. The predicted molar refractivity (Wildman–Crippen MR) is 114 cm³/mol. The van der Waals surface area contributed by atoms with E-state index < -0.39 is 11.7 Å². The van der Waals surface area contributed by atoms with Gasteiger partial charge >= 0.3 is 6.18 Å². The van der Waals surface area contributed by atoms with Crippen molar-refractivity contribution in [3.63, 3.8) is 0 Å². The van der Waals surface area contributed by atoms with Gasteiger partial charge in [-0.3, -0.25) is 4.79 Å². The first kappa shape index (κ1) is 21.1. The standard InChI is InChI=1S/C24H17F3N4O/c25-24(26,27)19-3-1-2-18(12-19)14-21(32)13-17-6-4-16(5-7-17)8-9-20-10-11-23-29-22(28)15-31(23)30-20/h1-7,10-12,15H,13-14,28H2. The number of hydrogen-bond acceptors (Lipinski definition) is 4. The second kappa shape index (κ2) is 8.55. The van der Waals surface area contributed by atoms with Crippen LogP contribution in [0.3, 0.4) is 0 Å². The fourth-order valence-corrected chi connectivity index (χ4v) is 3.18. The Morgan fingerprint density at radius 1 is 0.969 bits per heavy atom. The lowest BCUT2D eigenvalue weighted by Gasteiger charge is -2.08. The van der Waals surface area contributed by atoms with Crippen LogP contribution in [-0.4, -0.2) is 20.4 Å². The first-order valence-electron chi connectivity index (χ1n) is 9.67. The van der Waals surface area contributed by atoms with Crippen LogP contribution in [-0.2, 0) is 23.8 Å². The highest BCUT2D eigenvalue weighted by atomic mass is 19.4. The molecule has 0 aliphatic heterocycles. The van der Waals surface area contributed by atoms with E-state index in [-0.39, 0.29) is 18.6 Å². The number of imidazole rings is 1. The van der Waals surface area contributed by atoms with Gasteiger partial charge in [-0.25, -0.2) is 9.50 Å². The maximum absolute atomic E-state index is 12.8. The molecule has 8 heteroatoms. The Balaban J connectivity index is 1.39. The molecule has 0 aliphatic rings. The minimum absolute atomic E-state index is 0.0572. The van der Waals surface area contributed by atoms with Gasteiger partial charge in [0.15, 0.2) is 5.65 Å². The smallest absolute Gasteiger partial charge is 0.382 e. The summed E-state index contributed by atoms with van der Waals surface area (Å²) in [4.78, 5) is 16.4. The number of nitrogens with two attached hydrogens (primary N) is 1. The van der Waals surface area contributed by atoms with Gasteiger partial charge in [0.25, 0.3) is 0 Å². The number of hydrogen-bond donors (Lipinski definition) is 1. The fraction of sp³-hybridized carbons (Fsp3) is 0.125. The lowest BCUT2D eigenvalue weighted by molar-refractivity contribution is -0.137. The highest BCUT2D eigenvalue weighted by molar-refractivity contribution is 5.83. The van der Waals surface area contributed by atoms with Crippen LogP contribution in [0.4, 0.5) is 19.0 Å². The van der Waals surface area contributed by atoms with Gasteiger partial charge in [0.1, 0.15) is 17.3 Å². The summed E-state index contributed by atoms with van der Waals surface area (Å²) in [7, 11) is 0. The van der Waals surface area contributed by atoms with Crippen LogP contribution in [0.2, 0.25) is 0 Å². The van der Waals surface area contributed by atoms with Crippen molar-refractivity contribution in [2.45, 2.75) is 19.0 Å². The second-order valence-corrected chi connectivity index (χ2v) is 7.22. The van der Waals surface area contributed by atoms with Crippen LogP contribution in [0.1, 0.15) is 27.9 Å². The molecule has 0 atom stereocenters. The fourth-order valence-electron chi connectivity index (χ4n) is 3.18. The molecule has 5 nitrogen and oxygen atoms in total. The van der Waals surface area contributed by atoms with E-state index in [4.69, 9.17) is 5.73 Å². The van der Waals surface area contributed by atoms with E-state index in [1.54, 1.807) is 47.1 Å². The second-order valence-electron chi connectivity index (χ2n) is 7.22. The van der Waals surface area contributed by atoms with Crippen molar-refractivity contribution < 1.29 is 18.0 Å². The number of alkyl halides is 3. The van der Waals surface area contributed by atoms with Crippen LogP contribution >= 0.6 is 0 Å². The third-order valence-electron chi connectivity index (χ3n) is 4.68. The average molecular weight is 434 g/mol. The molecule has 0 saturated carbocycles. The zero-order valence-electron chi connectivity index (χ0n) is 16.7. The first-order chi connectivity index (χ1) is 15.3. The Morgan fingerprint density at radius 2 is 1.72 bits per heavy atom. The van der Waals surface area contributed by atoms with E-state index in [1.165, 1.54) is 12.1 Å². The summed E-state index contributed by atoms with van der Waals surface area (Å²) in [6.45, 7) is 0. The third-order valence-corrected chi connectivity index (χ3v) is 4.68. The van der Waals surface area contributed by atoms with E-state index >= 15 is 0 Å². The van der Waals surface area contributed by atoms with Crippen molar-refractivity contribution in [3.05, 3.63) is 94.8 Å². The normalized spacial score (nSPS) is 11.2. The molecule has 160 valence electrons. The molecule has 0 saturated heterocycles. The summed E-state index contributed by atoms with van der Waals surface area (Å²) in [5.74, 6) is 6.18. The van der Waals surface area contributed by atoms with Gasteiger partial charge in [-0.05, 0) is 47.4 Å². The molecule has 2 heterocycles. The third kappa shape index (κ3) is 5.13. The van der Waals surface area contributed by atoms with Crippen molar-refractivity contribution >= 4 is 17.2 Å². The largest absolute Gasteiger partial charge is 0.416 e. The highest BCUT2D eigenvalue weighted by Gasteiger charge is 2.30. The molecular weight excluding hydrogens is 417 g/mol. The molecule has 2 aromatic carbocycles. The average Bonchev–Trinajstić information content (AvgIpc) is 3.12. The first-order valence-corrected chi connectivity index (χ1v) is 9.67. The quantitative estimate of drug-likeness (QED) is 0.491. The summed E-state index contributed by atoms with van der Waals surface area (Å²) in [6, 6.07) is 15.5. The van der Waals surface area contributed by atoms with Crippen molar-refractivity contribution in [2.24, 2.45) is 0 Å². The number of nitrogens with zero attached hydrogens (tertiary/aromatic N) is 3. The molecule has 0 fully saturated rings. The minimum atomic E-state index is -4.43. The molecule has 0 aliphatic carbocycles. The maximum Gasteiger partial charge on any atom is 0.416 e. The molecule has 0 radical (unpaired) electrons. The van der Waals surface area contributed by atoms with Crippen LogP contribution in [0.15, 0.2) is 66.9 Å². The van der Waals surface area contributed by atoms with Gasteiger partial charge in [-0.15, -0.1) is 0 Å². The van der Waals surface area contributed by atoms with Gasteiger partial charge < -0.3 is 5.73 Å². The zero-order valence-corrected chi connectivity index (χ0v) is 16.7.